The first-order valence-electron chi connectivity index (χ1n) is 7.96. The molecule has 5 heteroatoms. The number of carboxylic acid groups (broad SMARTS) is 1. The largest absolute Gasteiger partial charge is 0.481 e. The number of carboxylic acids is 1. The zero-order valence-corrected chi connectivity index (χ0v) is 13.8. The van der Waals surface area contributed by atoms with Gasteiger partial charge in [0.05, 0.1) is 0 Å². The molecule has 1 unspecified atom stereocenters. The molecule has 0 aromatic rings. The van der Waals surface area contributed by atoms with Crippen molar-refractivity contribution in [2.45, 2.75) is 65.7 Å². The normalized spacial score (nSPS) is 13.0. The highest BCUT2D eigenvalue weighted by Gasteiger charge is 2.24. The molecule has 1 amide bonds. The Morgan fingerprint density at radius 2 is 1.76 bits per heavy atom. The minimum absolute atomic E-state index is 0.0829. The molecular weight excluding hydrogens is 268 g/mol. The van der Waals surface area contributed by atoms with Crippen LogP contribution in [0.4, 0.5) is 0 Å². The predicted molar refractivity (Wildman–Crippen MR) is 85.0 cm³/mol. The molecule has 5 nitrogen and oxygen atoms in total. The molecule has 0 aromatic heterocycles. The van der Waals surface area contributed by atoms with Crippen molar-refractivity contribution in [1.29, 1.82) is 0 Å². The second-order valence-corrected chi connectivity index (χ2v) is 6.73. The molecule has 0 aliphatic carbocycles. The lowest BCUT2D eigenvalue weighted by molar-refractivity contribution is -0.137. The topological polar surface area (TPSA) is 92.4 Å². The van der Waals surface area contributed by atoms with Crippen molar-refractivity contribution in [2.24, 2.45) is 17.1 Å². The average molecular weight is 300 g/mol. The van der Waals surface area contributed by atoms with Gasteiger partial charge in [0.1, 0.15) is 0 Å². The molecule has 0 spiro atoms. The Hall–Kier alpha value is -1.10. The van der Waals surface area contributed by atoms with Crippen molar-refractivity contribution in [3.63, 3.8) is 0 Å². The van der Waals surface area contributed by atoms with Crippen molar-refractivity contribution in [3.8, 4) is 0 Å². The van der Waals surface area contributed by atoms with Crippen molar-refractivity contribution in [3.05, 3.63) is 0 Å². The maximum atomic E-state index is 11.8. The summed E-state index contributed by atoms with van der Waals surface area (Å²) in [5.74, 6) is -0.213. The summed E-state index contributed by atoms with van der Waals surface area (Å²) in [6.07, 6.45) is 4.91. The summed E-state index contributed by atoms with van der Waals surface area (Å²) >= 11 is 0. The van der Waals surface area contributed by atoms with Gasteiger partial charge in [0, 0.05) is 19.4 Å². The number of hydrogen-bond acceptors (Lipinski definition) is 3. The first-order chi connectivity index (χ1) is 9.77. The molecule has 0 radical (unpaired) electrons. The van der Waals surface area contributed by atoms with E-state index in [1.807, 2.05) is 0 Å². The van der Waals surface area contributed by atoms with E-state index in [0.717, 1.165) is 25.7 Å². The van der Waals surface area contributed by atoms with Gasteiger partial charge in [-0.15, -0.1) is 0 Å². The monoisotopic (exact) mass is 300 g/mol. The highest BCUT2D eigenvalue weighted by molar-refractivity contribution is 5.75. The Bertz CT molecular complexity index is 311. The fourth-order valence-corrected chi connectivity index (χ4v) is 2.41. The summed E-state index contributed by atoms with van der Waals surface area (Å²) in [5.41, 5.74) is 5.82. The SMILES string of the molecule is CC(C)(C)C(CCN)CCC(=O)NCCCCCC(=O)O. The minimum Gasteiger partial charge on any atom is -0.481 e. The Kier molecular flexibility index (Phi) is 10.0. The standard InChI is InChI=1S/C16H32N2O3/c1-16(2,3)13(10-11-17)8-9-14(19)18-12-6-4-5-7-15(20)21/h13H,4-12,17H2,1-3H3,(H,18,19)(H,20,21). The summed E-state index contributed by atoms with van der Waals surface area (Å²) in [6, 6.07) is 0. The van der Waals surface area contributed by atoms with Gasteiger partial charge in [-0.3, -0.25) is 9.59 Å². The fourth-order valence-electron chi connectivity index (χ4n) is 2.41. The van der Waals surface area contributed by atoms with E-state index in [1.165, 1.54) is 0 Å². The van der Waals surface area contributed by atoms with Crippen LogP contribution in [-0.4, -0.2) is 30.1 Å². The molecule has 124 valence electrons. The van der Waals surface area contributed by atoms with Gasteiger partial charge in [-0.05, 0) is 43.6 Å². The summed E-state index contributed by atoms with van der Waals surface area (Å²) in [6.45, 7) is 7.86. The summed E-state index contributed by atoms with van der Waals surface area (Å²) in [5, 5.41) is 11.4. The number of nitrogens with two attached hydrogens (primary N) is 1. The number of nitrogens with one attached hydrogen (secondary N) is 1. The Balaban J connectivity index is 3.76. The van der Waals surface area contributed by atoms with E-state index in [0.29, 0.717) is 31.8 Å². The molecule has 4 N–H and O–H groups in total. The third-order valence-electron chi connectivity index (χ3n) is 3.85. The maximum absolute atomic E-state index is 11.8. The minimum atomic E-state index is -0.757. The lowest BCUT2D eigenvalue weighted by Crippen LogP contribution is -2.28. The lowest BCUT2D eigenvalue weighted by atomic mass is 9.76. The van der Waals surface area contributed by atoms with Crippen LogP contribution >= 0.6 is 0 Å². The first-order valence-corrected chi connectivity index (χ1v) is 7.96. The molecular formula is C16H32N2O3. The molecule has 0 aliphatic rings. The van der Waals surface area contributed by atoms with Gasteiger partial charge in [0.2, 0.25) is 5.91 Å². The van der Waals surface area contributed by atoms with Gasteiger partial charge in [0.25, 0.3) is 0 Å². The van der Waals surface area contributed by atoms with Crippen LogP contribution in [0.15, 0.2) is 0 Å². The van der Waals surface area contributed by atoms with Crippen LogP contribution in [0.2, 0.25) is 0 Å². The number of unbranched alkanes of at least 4 members (excludes halogenated alkanes) is 2. The average Bonchev–Trinajstić information content (AvgIpc) is 2.36. The van der Waals surface area contributed by atoms with Gasteiger partial charge >= 0.3 is 5.97 Å². The van der Waals surface area contributed by atoms with Crippen LogP contribution in [0.1, 0.15) is 65.7 Å². The van der Waals surface area contributed by atoms with Crippen LogP contribution in [0.25, 0.3) is 0 Å². The molecule has 0 bridgehead atoms. The molecule has 0 rings (SSSR count). The molecule has 1 atom stereocenters. The lowest BCUT2D eigenvalue weighted by Gasteiger charge is -2.30. The number of aliphatic carboxylic acids is 1. The summed E-state index contributed by atoms with van der Waals surface area (Å²) in [7, 11) is 0. The van der Waals surface area contributed by atoms with Gasteiger partial charge in [0.15, 0.2) is 0 Å². The van der Waals surface area contributed by atoms with E-state index in [9.17, 15) is 9.59 Å². The van der Waals surface area contributed by atoms with Crippen LogP contribution in [0.3, 0.4) is 0 Å². The van der Waals surface area contributed by atoms with E-state index in [-0.39, 0.29) is 17.7 Å². The van der Waals surface area contributed by atoms with Crippen molar-refractivity contribution in [2.75, 3.05) is 13.1 Å². The van der Waals surface area contributed by atoms with Gasteiger partial charge in [-0.1, -0.05) is 27.2 Å². The van der Waals surface area contributed by atoms with E-state index in [2.05, 4.69) is 26.1 Å². The number of rotatable bonds is 11. The molecule has 0 fully saturated rings. The predicted octanol–water partition coefficient (Wildman–Crippen LogP) is 2.54. The van der Waals surface area contributed by atoms with Crippen LogP contribution in [0, 0.1) is 11.3 Å². The Morgan fingerprint density at radius 1 is 1.10 bits per heavy atom. The first kappa shape index (κ1) is 19.9. The Morgan fingerprint density at radius 3 is 2.29 bits per heavy atom. The molecule has 21 heavy (non-hydrogen) atoms. The van der Waals surface area contributed by atoms with Crippen molar-refractivity contribution >= 4 is 11.9 Å². The van der Waals surface area contributed by atoms with Crippen LogP contribution < -0.4 is 11.1 Å². The van der Waals surface area contributed by atoms with Crippen LogP contribution in [-0.2, 0) is 9.59 Å². The zero-order valence-electron chi connectivity index (χ0n) is 13.8. The summed E-state index contributed by atoms with van der Waals surface area (Å²) in [4.78, 5) is 22.1. The zero-order chi connectivity index (χ0) is 16.3. The number of amides is 1. The second kappa shape index (κ2) is 10.6. The highest BCUT2D eigenvalue weighted by atomic mass is 16.4. The highest BCUT2D eigenvalue weighted by Crippen LogP contribution is 2.31. The smallest absolute Gasteiger partial charge is 0.303 e. The Labute approximate surface area is 128 Å². The third-order valence-corrected chi connectivity index (χ3v) is 3.85. The van der Waals surface area contributed by atoms with Gasteiger partial charge in [-0.2, -0.15) is 0 Å². The van der Waals surface area contributed by atoms with Gasteiger partial charge < -0.3 is 16.2 Å². The molecule has 0 aromatic carbocycles. The van der Waals surface area contributed by atoms with E-state index in [4.69, 9.17) is 10.8 Å². The van der Waals surface area contributed by atoms with E-state index >= 15 is 0 Å². The summed E-state index contributed by atoms with van der Waals surface area (Å²) < 4.78 is 0. The maximum Gasteiger partial charge on any atom is 0.303 e. The van der Waals surface area contributed by atoms with E-state index in [1.54, 1.807) is 0 Å². The second-order valence-electron chi connectivity index (χ2n) is 6.73. The van der Waals surface area contributed by atoms with E-state index < -0.39 is 5.97 Å². The third kappa shape index (κ3) is 11.3. The molecule has 0 heterocycles. The van der Waals surface area contributed by atoms with Crippen molar-refractivity contribution < 1.29 is 14.7 Å². The van der Waals surface area contributed by atoms with Crippen LogP contribution in [0.5, 0.6) is 0 Å². The fraction of sp³-hybridized carbons (Fsp3) is 0.875. The quantitative estimate of drug-likeness (QED) is 0.511. The van der Waals surface area contributed by atoms with Crippen molar-refractivity contribution in [1.82, 2.24) is 5.32 Å². The number of hydrogen-bond donors (Lipinski definition) is 3. The number of carbonyl (C=O) groups is 2. The van der Waals surface area contributed by atoms with Gasteiger partial charge in [-0.25, -0.2) is 0 Å². The molecule has 0 saturated heterocycles. The molecule has 0 saturated carbocycles. The molecule has 0 aliphatic heterocycles. The number of carbonyl (C=O) groups excluding carboxylic acids is 1.